The van der Waals surface area contributed by atoms with Gasteiger partial charge in [0.05, 0.1) is 6.26 Å². The molecule has 0 radical (unpaired) electrons. The molecule has 4 aromatic rings. The first-order valence-corrected chi connectivity index (χ1v) is 10.8. The van der Waals surface area contributed by atoms with E-state index in [2.05, 4.69) is 46.5 Å². The first kappa shape index (κ1) is 22.0. The quantitative estimate of drug-likeness (QED) is 0.394. The van der Waals surface area contributed by atoms with E-state index in [1.165, 1.54) is 4.68 Å². The Morgan fingerprint density at radius 1 is 1.09 bits per heavy atom. The number of anilines is 2. The van der Waals surface area contributed by atoms with Crippen LogP contribution in [0.3, 0.4) is 0 Å². The van der Waals surface area contributed by atoms with Crippen LogP contribution >= 0.6 is 0 Å². The van der Waals surface area contributed by atoms with Crippen molar-refractivity contribution in [3.63, 3.8) is 0 Å². The summed E-state index contributed by atoms with van der Waals surface area (Å²) in [7, 11) is 0. The lowest BCUT2D eigenvalue weighted by atomic mass is 10.2. The Kier molecular flexibility index (Phi) is 6.64. The van der Waals surface area contributed by atoms with Crippen LogP contribution in [-0.2, 0) is 4.79 Å². The van der Waals surface area contributed by atoms with Crippen molar-refractivity contribution in [3.8, 4) is 11.4 Å². The van der Waals surface area contributed by atoms with Gasteiger partial charge in [-0.3, -0.25) is 4.79 Å². The number of hydrogen-bond acceptors (Lipinski definition) is 6. The van der Waals surface area contributed by atoms with E-state index in [0.717, 1.165) is 17.8 Å². The number of carbonyl (C=O) groups excluding carboxylic acids is 1. The number of furan rings is 1. The average Bonchev–Trinajstić information content (AvgIpc) is 3.51. The molecule has 0 fully saturated rings. The molecule has 168 valence electrons. The maximum atomic E-state index is 13.4. The SMILES string of the molecule is CCN(c1ccc(NC(=O)/C(=C/c2ccco2)n2nnnc2-c2ccccc2)cc1)C(C)C. The third-order valence-electron chi connectivity index (χ3n) is 5.21. The second-order valence-corrected chi connectivity index (χ2v) is 7.71. The topological polar surface area (TPSA) is 89.1 Å². The number of carbonyl (C=O) groups is 1. The van der Waals surface area contributed by atoms with Gasteiger partial charge < -0.3 is 14.6 Å². The van der Waals surface area contributed by atoms with E-state index in [1.807, 2.05) is 54.6 Å². The van der Waals surface area contributed by atoms with Gasteiger partial charge in [0.25, 0.3) is 5.91 Å². The summed E-state index contributed by atoms with van der Waals surface area (Å²) in [4.78, 5) is 15.6. The average molecular weight is 443 g/mol. The number of hydrogen-bond donors (Lipinski definition) is 1. The lowest BCUT2D eigenvalue weighted by Crippen LogP contribution is -2.30. The normalized spacial score (nSPS) is 11.6. The minimum absolute atomic E-state index is 0.232. The fraction of sp³-hybridized carbons (Fsp3) is 0.200. The summed E-state index contributed by atoms with van der Waals surface area (Å²) in [5.74, 6) is 0.606. The Hall–Kier alpha value is -4.20. The van der Waals surface area contributed by atoms with Crippen LogP contribution in [0, 0.1) is 0 Å². The highest BCUT2D eigenvalue weighted by atomic mass is 16.3. The molecule has 2 heterocycles. The van der Waals surface area contributed by atoms with Gasteiger partial charge in [0.15, 0.2) is 5.82 Å². The number of rotatable bonds is 8. The molecule has 0 atom stereocenters. The Labute approximate surface area is 192 Å². The summed E-state index contributed by atoms with van der Waals surface area (Å²) in [5, 5.41) is 15.0. The maximum Gasteiger partial charge on any atom is 0.274 e. The van der Waals surface area contributed by atoms with Crippen molar-refractivity contribution in [2.75, 3.05) is 16.8 Å². The Morgan fingerprint density at radius 2 is 1.85 bits per heavy atom. The predicted octanol–water partition coefficient (Wildman–Crippen LogP) is 4.80. The third-order valence-corrected chi connectivity index (χ3v) is 5.21. The molecule has 4 rings (SSSR count). The van der Waals surface area contributed by atoms with E-state index in [0.29, 0.717) is 23.3 Å². The maximum absolute atomic E-state index is 13.4. The van der Waals surface area contributed by atoms with E-state index in [9.17, 15) is 4.79 Å². The molecule has 8 heteroatoms. The zero-order chi connectivity index (χ0) is 23.2. The van der Waals surface area contributed by atoms with E-state index >= 15 is 0 Å². The molecule has 0 saturated carbocycles. The van der Waals surface area contributed by atoms with Crippen LogP contribution in [0.25, 0.3) is 23.2 Å². The van der Waals surface area contributed by atoms with Gasteiger partial charge in [-0.25, -0.2) is 0 Å². The van der Waals surface area contributed by atoms with Crippen molar-refractivity contribution in [1.29, 1.82) is 0 Å². The van der Waals surface area contributed by atoms with E-state index in [1.54, 1.807) is 24.5 Å². The van der Waals surface area contributed by atoms with Gasteiger partial charge in [-0.05, 0) is 67.6 Å². The molecule has 0 aliphatic carbocycles. The first-order valence-electron chi connectivity index (χ1n) is 10.8. The summed E-state index contributed by atoms with van der Waals surface area (Å²) < 4.78 is 6.86. The van der Waals surface area contributed by atoms with Crippen LogP contribution in [0.2, 0.25) is 0 Å². The van der Waals surface area contributed by atoms with Crippen LogP contribution in [0.5, 0.6) is 0 Å². The molecular formula is C25H26N6O2. The summed E-state index contributed by atoms with van der Waals surface area (Å²) in [6.45, 7) is 7.33. The van der Waals surface area contributed by atoms with Crippen LogP contribution < -0.4 is 10.2 Å². The Bertz CT molecular complexity index is 1210. The lowest BCUT2D eigenvalue weighted by Gasteiger charge is -2.27. The molecule has 1 N–H and O–H groups in total. The Balaban J connectivity index is 1.65. The second kappa shape index (κ2) is 9.95. The number of nitrogens with zero attached hydrogens (tertiary/aromatic N) is 5. The van der Waals surface area contributed by atoms with Crippen molar-refractivity contribution >= 4 is 29.1 Å². The summed E-state index contributed by atoms with van der Waals surface area (Å²) in [6, 6.07) is 21.2. The van der Waals surface area contributed by atoms with E-state index in [-0.39, 0.29) is 11.6 Å². The largest absolute Gasteiger partial charge is 0.465 e. The number of aromatic nitrogens is 4. The number of nitrogens with one attached hydrogen (secondary N) is 1. The minimum atomic E-state index is -0.361. The van der Waals surface area contributed by atoms with Crippen LogP contribution in [0.4, 0.5) is 11.4 Å². The summed E-state index contributed by atoms with van der Waals surface area (Å²) in [6.07, 6.45) is 3.16. The van der Waals surface area contributed by atoms with Gasteiger partial charge in [-0.1, -0.05) is 30.3 Å². The van der Waals surface area contributed by atoms with Crippen LogP contribution in [-0.4, -0.2) is 38.7 Å². The predicted molar refractivity (Wildman–Crippen MR) is 129 cm³/mol. The van der Waals surface area contributed by atoms with Crippen molar-refractivity contribution in [2.24, 2.45) is 0 Å². The molecule has 8 nitrogen and oxygen atoms in total. The monoisotopic (exact) mass is 442 g/mol. The second-order valence-electron chi connectivity index (χ2n) is 7.71. The smallest absolute Gasteiger partial charge is 0.274 e. The highest BCUT2D eigenvalue weighted by Gasteiger charge is 2.20. The van der Waals surface area contributed by atoms with Gasteiger partial charge in [0.1, 0.15) is 11.5 Å². The van der Waals surface area contributed by atoms with Gasteiger partial charge in [0, 0.05) is 35.6 Å². The molecule has 0 bridgehead atoms. The molecular weight excluding hydrogens is 416 g/mol. The standard InChI is InChI=1S/C25H26N6O2/c1-4-30(18(2)3)21-14-12-20(13-15-21)26-25(32)23(17-22-11-8-16-33-22)31-24(27-28-29-31)19-9-6-5-7-10-19/h5-18H,4H2,1-3H3,(H,26,32)/b23-17-. The zero-order valence-electron chi connectivity index (χ0n) is 18.8. The summed E-state index contributed by atoms with van der Waals surface area (Å²) >= 11 is 0. The number of benzene rings is 2. The minimum Gasteiger partial charge on any atom is -0.465 e. The van der Waals surface area contributed by atoms with Crippen molar-refractivity contribution in [2.45, 2.75) is 26.8 Å². The van der Waals surface area contributed by atoms with Gasteiger partial charge >= 0.3 is 0 Å². The molecule has 0 unspecified atom stereocenters. The fourth-order valence-electron chi connectivity index (χ4n) is 3.62. The highest BCUT2D eigenvalue weighted by molar-refractivity contribution is 6.24. The fourth-order valence-corrected chi connectivity index (χ4v) is 3.62. The van der Waals surface area contributed by atoms with Crippen molar-refractivity contribution < 1.29 is 9.21 Å². The number of amides is 1. The molecule has 0 spiro atoms. The first-order chi connectivity index (χ1) is 16.1. The molecule has 0 aliphatic rings. The highest BCUT2D eigenvalue weighted by Crippen LogP contribution is 2.23. The van der Waals surface area contributed by atoms with Crippen LogP contribution in [0.1, 0.15) is 26.5 Å². The molecule has 33 heavy (non-hydrogen) atoms. The van der Waals surface area contributed by atoms with Gasteiger partial charge in [-0.2, -0.15) is 4.68 Å². The molecule has 2 aromatic heterocycles. The van der Waals surface area contributed by atoms with Crippen molar-refractivity contribution in [1.82, 2.24) is 20.2 Å². The zero-order valence-corrected chi connectivity index (χ0v) is 18.8. The molecule has 0 saturated heterocycles. The van der Waals surface area contributed by atoms with E-state index in [4.69, 9.17) is 4.42 Å². The molecule has 0 aliphatic heterocycles. The third kappa shape index (κ3) is 5.01. The van der Waals surface area contributed by atoms with Crippen LogP contribution in [0.15, 0.2) is 77.4 Å². The van der Waals surface area contributed by atoms with Crippen molar-refractivity contribution in [3.05, 3.63) is 78.8 Å². The van der Waals surface area contributed by atoms with E-state index < -0.39 is 0 Å². The molecule has 1 amide bonds. The number of tetrazole rings is 1. The lowest BCUT2D eigenvalue weighted by molar-refractivity contribution is -0.111. The Morgan fingerprint density at radius 3 is 2.48 bits per heavy atom. The molecule has 2 aromatic carbocycles. The van der Waals surface area contributed by atoms with Gasteiger partial charge in [-0.15, -0.1) is 5.10 Å². The summed E-state index contributed by atoms with van der Waals surface area (Å²) in [5.41, 5.74) is 2.79. The van der Waals surface area contributed by atoms with Gasteiger partial charge in [0.2, 0.25) is 0 Å².